The predicted molar refractivity (Wildman–Crippen MR) is 72.4 cm³/mol. The summed E-state index contributed by atoms with van der Waals surface area (Å²) in [5.41, 5.74) is 2.87. The van der Waals surface area contributed by atoms with Crippen LogP contribution < -0.4 is 0 Å². The minimum absolute atomic E-state index is 0.731. The van der Waals surface area contributed by atoms with E-state index >= 15 is 0 Å². The number of aromatic amines is 1. The molecule has 2 aromatic rings. The van der Waals surface area contributed by atoms with Crippen molar-refractivity contribution in [3.8, 4) is 0 Å². The number of nitrogens with one attached hydrogen (secondary N) is 1. The Morgan fingerprint density at radius 2 is 2.17 bits per heavy atom. The molecule has 0 spiro atoms. The summed E-state index contributed by atoms with van der Waals surface area (Å²) in [6, 6.07) is 5.95. The number of aromatic nitrogens is 3. The molecule has 4 nitrogen and oxygen atoms in total. The van der Waals surface area contributed by atoms with Gasteiger partial charge in [-0.1, -0.05) is 24.6 Å². The maximum atomic E-state index is 6.18. The van der Waals surface area contributed by atoms with Crippen LogP contribution in [0.1, 0.15) is 24.0 Å². The third-order valence-corrected chi connectivity index (χ3v) is 3.38. The van der Waals surface area contributed by atoms with Crippen molar-refractivity contribution in [2.24, 2.45) is 0 Å². The zero-order chi connectivity index (χ0) is 13.0. The normalized spacial score (nSPS) is 11.1. The number of halogens is 1. The quantitative estimate of drug-likeness (QED) is 0.903. The van der Waals surface area contributed by atoms with Crippen LogP contribution in [0.25, 0.3) is 0 Å². The van der Waals surface area contributed by atoms with Gasteiger partial charge in [-0.3, -0.25) is 15.0 Å². The molecule has 0 aliphatic carbocycles. The molecule has 0 unspecified atom stereocenters. The number of aryl methyl sites for hydroxylation is 1. The minimum Gasteiger partial charge on any atom is -0.292 e. The van der Waals surface area contributed by atoms with Gasteiger partial charge in [0.1, 0.15) is 0 Å². The summed E-state index contributed by atoms with van der Waals surface area (Å²) in [5.74, 6) is 0. The van der Waals surface area contributed by atoms with E-state index in [1.807, 2.05) is 31.3 Å². The Labute approximate surface area is 112 Å². The van der Waals surface area contributed by atoms with E-state index in [9.17, 15) is 0 Å². The molecule has 0 saturated heterocycles. The summed E-state index contributed by atoms with van der Waals surface area (Å²) in [6.45, 7) is 6.51. The SMILES string of the molecule is CCN(Cc1ccccn1)Cc1n[nH]c(C)c1Cl. The number of hydrogen-bond acceptors (Lipinski definition) is 3. The highest BCUT2D eigenvalue weighted by molar-refractivity contribution is 6.31. The second-order valence-electron chi connectivity index (χ2n) is 4.23. The molecule has 0 radical (unpaired) electrons. The average Bonchev–Trinajstić information content (AvgIpc) is 2.71. The number of H-pyrrole nitrogens is 1. The maximum Gasteiger partial charge on any atom is 0.0951 e. The molecule has 0 atom stereocenters. The van der Waals surface area contributed by atoms with E-state index in [0.717, 1.165) is 41.7 Å². The largest absolute Gasteiger partial charge is 0.292 e. The summed E-state index contributed by atoms with van der Waals surface area (Å²) in [7, 11) is 0. The molecule has 0 aliphatic heterocycles. The zero-order valence-electron chi connectivity index (χ0n) is 10.7. The third kappa shape index (κ3) is 3.09. The highest BCUT2D eigenvalue weighted by Gasteiger charge is 2.12. The van der Waals surface area contributed by atoms with Crippen molar-refractivity contribution >= 4 is 11.6 Å². The smallest absolute Gasteiger partial charge is 0.0951 e. The van der Waals surface area contributed by atoms with Gasteiger partial charge in [0.25, 0.3) is 0 Å². The van der Waals surface area contributed by atoms with Crippen LogP contribution in [0.15, 0.2) is 24.4 Å². The van der Waals surface area contributed by atoms with E-state index in [0.29, 0.717) is 0 Å². The van der Waals surface area contributed by atoms with Crippen molar-refractivity contribution in [3.63, 3.8) is 0 Å². The maximum absolute atomic E-state index is 6.18. The molecular weight excluding hydrogens is 248 g/mol. The second kappa shape index (κ2) is 5.98. The van der Waals surface area contributed by atoms with E-state index in [-0.39, 0.29) is 0 Å². The van der Waals surface area contributed by atoms with Crippen molar-refractivity contribution in [1.29, 1.82) is 0 Å². The molecule has 0 bridgehead atoms. The molecule has 1 N–H and O–H groups in total. The number of nitrogens with zero attached hydrogens (tertiary/aromatic N) is 3. The van der Waals surface area contributed by atoms with Crippen LogP contribution in [0, 0.1) is 6.92 Å². The summed E-state index contributed by atoms with van der Waals surface area (Å²) in [5, 5.41) is 7.86. The Bertz CT molecular complexity index is 495. The lowest BCUT2D eigenvalue weighted by atomic mass is 10.3. The van der Waals surface area contributed by atoms with Gasteiger partial charge in [-0.25, -0.2) is 0 Å². The molecular formula is C13H17ClN4. The molecule has 2 rings (SSSR count). The fraction of sp³-hybridized carbons (Fsp3) is 0.385. The van der Waals surface area contributed by atoms with Gasteiger partial charge in [0.2, 0.25) is 0 Å². The lowest BCUT2D eigenvalue weighted by Crippen LogP contribution is -2.23. The van der Waals surface area contributed by atoms with Crippen molar-refractivity contribution < 1.29 is 0 Å². The van der Waals surface area contributed by atoms with Gasteiger partial charge < -0.3 is 0 Å². The number of hydrogen-bond donors (Lipinski definition) is 1. The molecule has 5 heteroatoms. The first-order chi connectivity index (χ1) is 8.70. The Kier molecular flexibility index (Phi) is 4.33. The van der Waals surface area contributed by atoms with E-state index in [2.05, 4.69) is 27.0 Å². The fourth-order valence-corrected chi connectivity index (χ4v) is 1.93. The van der Waals surface area contributed by atoms with Crippen LogP contribution in [0.5, 0.6) is 0 Å². The van der Waals surface area contributed by atoms with Crippen LogP contribution in [-0.4, -0.2) is 26.6 Å². The van der Waals surface area contributed by atoms with Crippen LogP contribution in [-0.2, 0) is 13.1 Å². The van der Waals surface area contributed by atoms with Gasteiger partial charge >= 0.3 is 0 Å². The van der Waals surface area contributed by atoms with Crippen LogP contribution in [0.2, 0.25) is 5.02 Å². The molecule has 96 valence electrons. The van der Waals surface area contributed by atoms with E-state index in [4.69, 9.17) is 11.6 Å². The Balaban J connectivity index is 2.04. The van der Waals surface area contributed by atoms with Crippen molar-refractivity contribution in [1.82, 2.24) is 20.1 Å². The van der Waals surface area contributed by atoms with Gasteiger partial charge in [-0.15, -0.1) is 0 Å². The standard InChI is InChI=1S/C13H17ClN4/c1-3-18(8-11-6-4-5-7-15-11)9-12-13(14)10(2)16-17-12/h4-7H,3,8-9H2,1-2H3,(H,16,17). The van der Waals surface area contributed by atoms with Crippen molar-refractivity contribution in [2.75, 3.05) is 6.54 Å². The minimum atomic E-state index is 0.731. The Hall–Kier alpha value is -1.39. The summed E-state index contributed by atoms with van der Waals surface area (Å²) >= 11 is 6.18. The topological polar surface area (TPSA) is 44.8 Å². The van der Waals surface area contributed by atoms with Crippen LogP contribution in [0.4, 0.5) is 0 Å². The highest BCUT2D eigenvalue weighted by Crippen LogP contribution is 2.19. The predicted octanol–water partition coefficient (Wildman–Crippen LogP) is 2.79. The monoisotopic (exact) mass is 264 g/mol. The highest BCUT2D eigenvalue weighted by atomic mass is 35.5. The molecule has 2 aromatic heterocycles. The van der Waals surface area contributed by atoms with Gasteiger partial charge in [0.15, 0.2) is 0 Å². The first-order valence-corrected chi connectivity index (χ1v) is 6.40. The first kappa shape index (κ1) is 13.1. The molecule has 0 aliphatic rings. The van der Waals surface area contributed by atoms with Gasteiger partial charge in [0.05, 0.1) is 22.1 Å². The molecule has 0 aromatic carbocycles. The van der Waals surface area contributed by atoms with Crippen LogP contribution >= 0.6 is 11.6 Å². The van der Waals surface area contributed by atoms with E-state index in [1.54, 1.807) is 0 Å². The third-order valence-electron chi connectivity index (χ3n) is 2.87. The average molecular weight is 265 g/mol. The molecule has 0 amide bonds. The zero-order valence-corrected chi connectivity index (χ0v) is 11.4. The van der Waals surface area contributed by atoms with Crippen LogP contribution in [0.3, 0.4) is 0 Å². The lowest BCUT2D eigenvalue weighted by molar-refractivity contribution is 0.265. The Morgan fingerprint density at radius 3 is 2.72 bits per heavy atom. The molecule has 0 fully saturated rings. The second-order valence-corrected chi connectivity index (χ2v) is 4.61. The molecule has 18 heavy (non-hydrogen) atoms. The fourth-order valence-electron chi connectivity index (χ4n) is 1.78. The van der Waals surface area contributed by atoms with Gasteiger partial charge in [-0.05, 0) is 25.6 Å². The Morgan fingerprint density at radius 1 is 1.33 bits per heavy atom. The number of rotatable bonds is 5. The van der Waals surface area contributed by atoms with Crippen molar-refractivity contribution in [3.05, 3.63) is 46.5 Å². The summed E-state index contributed by atoms with van der Waals surface area (Å²) in [4.78, 5) is 6.59. The molecule has 2 heterocycles. The number of pyridine rings is 1. The van der Waals surface area contributed by atoms with E-state index < -0.39 is 0 Å². The van der Waals surface area contributed by atoms with Gasteiger partial charge in [0, 0.05) is 19.3 Å². The summed E-state index contributed by atoms with van der Waals surface area (Å²) < 4.78 is 0. The first-order valence-electron chi connectivity index (χ1n) is 6.02. The lowest BCUT2D eigenvalue weighted by Gasteiger charge is -2.18. The van der Waals surface area contributed by atoms with Crippen molar-refractivity contribution in [2.45, 2.75) is 26.9 Å². The molecule has 0 saturated carbocycles. The van der Waals surface area contributed by atoms with E-state index in [1.165, 1.54) is 0 Å². The summed E-state index contributed by atoms with van der Waals surface area (Å²) in [6.07, 6.45) is 1.81. The van der Waals surface area contributed by atoms with Gasteiger partial charge in [-0.2, -0.15) is 5.10 Å².